The zero-order valence-corrected chi connectivity index (χ0v) is 9.27. The molecular weight excluding hydrogens is 176 g/mol. The second-order valence-corrected chi connectivity index (χ2v) is 3.82. The van der Waals surface area contributed by atoms with Crippen LogP contribution in [-0.2, 0) is 6.54 Å². The molecule has 0 aliphatic heterocycles. The lowest BCUT2D eigenvalue weighted by Crippen LogP contribution is -2.34. The van der Waals surface area contributed by atoms with Gasteiger partial charge in [0.05, 0.1) is 0 Å². The predicted octanol–water partition coefficient (Wildman–Crippen LogP) is 1.44. The molecule has 0 bridgehead atoms. The molecular formula is C10H20N4. The Bertz CT molecular complexity index is 232. The van der Waals surface area contributed by atoms with Gasteiger partial charge < -0.3 is 5.32 Å². The lowest BCUT2D eigenvalue weighted by molar-refractivity contribution is 0.409. The minimum Gasteiger partial charge on any atom is -0.312 e. The molecule has 80 valence electrons. The van der Waals surface area contributed by atoms with Crippen LogP contribution in [0.5, 0.6) is 0 Å². The van der Waals surface area contributed by atoms with Gasteiger partial charge >= 0.3 is 0 Å². The Kier molecular flexibility index (Phi) is 4.59. The van der Waals surface area contributed by atoms with Crippen molar-refractivity contribution in [3.8, 4) is 0 Å². The first-order chi connectivity index (χ1) is 6.72. The molecule has 0 amide bonds. The Labute approximate surface area is 85.7 Å². The SMILES string of the molecule is CCC(C)NC(C)CCn1cncn1. The first-order valence-corrected chi connectivity index (χ1v) is 5.30. The third-order valence-electron chi connectivity index (χ3n) is 2.44. The lowest BCUT2D eigenvalue weighted by Gasteiger charge is -2.18. The van der Waals surface area contributed by atoms with Crippen molar-refractivity contribution in [3.05, 3.63) is 12.7 Å². The molecule has 4 nitrogen and oxygen atoms in total. The number of aromatic nitrogens is 3. The average molecular weight is 196 g/mol. The third kappa shape index (κ3) is 3.87. The second kappa shape index (κ2) is 5.75. The van der Waals surface area contributed by atoms with Gasteiger partial charge in [-0.2, -0.15) is 5.10 Å². The van der Waals surface area contributed by atoms with Gasteiger partial charge in [-0.05, 0) is 26.7 Å². The highest BCUT2D eigenvalue weighted by Gasteiger charge is 2.05. The summed E-state index contributed by atoms with van der Waals surface area (Å²) in [4.78, 5) is 3.91. The van der Waals surface area contributed by atoms with E-state index in [2.05, 4.69) is 36.2 Å². The fourth-order valence-corrected chi connectivity index (χ4v) is 1.36. The maximum absolute atomic E-state index is 4.07. The number of nitrogens with one attached hydrogen (secondary N) is 1. The Hall–Kier alpha value is -0.900. The molecule has 14 heavy (non-hydrogen) atoms. The van der Waals surface area contributed by atoms with E-state index in [-0.39, 0.29) is 0 Å². The van der Waals surface area contributed by atoms with E-state index in [4.69, 9.17) is 0 Å². The molecule has 0 aromatic carbocycles. The standard InChI is InChI=1S/C10H20N4/c1-4-9(2)13-10(3)5-6-14-8-11-7-12-14/h7-10,13H,4-6H2,1-3H3. The minimum atomic E-state index is 0.536. The van der Waals surface area contributed by atoms with Crippen LogP contribution in [0.15, 0.2) is 12.7 Å². The van der Waals surface area contributed by atoms with Gasteiger partial charge in [-0.3, -0.25) is 4.68 Å². The largest absolute Gasteiger partial charge is 0.312 e. The summed E-state index contributed by atoms with van der Waals surface area (Å²) in [7, 11) is 0. The summed E-state index contributed by atoms with van der Waals surface area (Å²) in [5.41, 5.74) is 0. The van der Waals surface area contributed by atoms with Crippen LogP contribution in [0.2, 0.25) is 0 Å². The summed E-state index contributed by atoms with van der Waals surface area (Å²) in [6, 6.07) is 1.13. The Morgan fingerprint density at radius 3 is 2.71 bits per heavy atom. The minimum absolute atomic E-state index is 0.536. The van der Waals surface area contributed by atoms with Gasteiger partial charge in [-0.25, -0.2) is 4.98 Å². The first-order valence-electron chi connectivity index (χ1n) is 5.30. The van der Waals surface area contributed by atoms with Crippen molar-refractivity contribution >= 4 is 0 Å². The van der Waals surface area contributed by atoms with Crippen molar-refractivity contribution in [1.82, 2.24) is 20.1 Å². The molecule has 0 fully saturated rings. The molecule has 0 saturated heterocycles. The van der Waals surface area contributed by atoms with Gasteiger partial charge in [0.2, 0.25) is 0 Å². The number of hydrogen-bond acceptors (Lipinski definition) is 3. The van der Waals surface area contributed by atoms with Gasteiger partial charge in [0.15, 0.2) is 0 Å². The molecule has 1 N–H and O–H groups in total. The summed E-state index contributed by atoms with van der Waals surface area (Å²) in [5.74, 6) is 0. The average Bonchev–Trinajstić information content (AvgIpc) is 2.67. The lowest BCUT2D eigenvalue weighted by atomic mass is 10.2. The number of rotatable bonds is 6. The van der Waals surface area contributed by atoms with Crippen LogP contribution in [0, 0.1) is 0 Å². The Balaban J connectivity index is 2.18. The van der Waals surface area contributed by atoms with Crippen molar-refractivity contribution < 1.29 is 0 Å². The molecule has 0 aliphatic rings. The quantitative estimate of drug-likeness (QED) is 0.748. The predicted molar refractivity (Wildman–Crippen MR) is 57.0 cm³/mol. The molecule has 1 aromatic heterocycles. The highest BCUT2D eigenvalue weighted by Crippen LogP contribution is 1.98. The van der Waals surface area contributed by atoms with Crippen molar-refractivity contribution in [1.29, 1.82) is 0 Å². The van der Waals surface area contributed by atoms with E-state index >= 15 is 0 Å². The second-order valence-electron chi connectivity index (χ2n) is 3.82. The fourth-order valence-electron chi connectivity index (χ4n) is 1.36. The van der Waals surface area contributed by atoms with E-state index < -0.39 is 0 Å². The van der Waals surface area contributed by atoms with E-state index in [9.17, 15) is 0 Å². The highest BCUT2D eigenvalue weighted by atomic mass is 15.3. The van der Waals surface area contributed by atoms with Gasteiger partial charge in [0.1, 0.15) is 12.7 Å². The normalized spacial score (nSPS) is 15.4. The zero-order chi connectivity index (χ0) is 10.4. The van der Waals surface area contributed by atoms with E-state index in [0.717, 1.165) is 13.0 Å². The summed E-state index contributed by atoms with van der Waals surface area (Å²) in [5, 5.41) is 7.60. The zero-order valence-electron chi connectivity index (χ0n) is 9.27. The van der Waals surface area contributed by atoms with Crippen molar-refractivity contribution in [2.75, 3.05) is 0 Å². The summed E-state index contributed by atoms with van der Waals surface area (Å²) in [6.07, 6.45) is 5.60. The molecule has 0 spiro atoms. The molecule has 2 atom stereocenters. The fraction of sp³-hybridized carbons (Fsp3) is 0.800. The topological polar surface area (TPSA) is 42.7 Å². The molecule has 0 radical (unpaired) electrons. The maximum Gasteiger partial charge on any atom is 0.137 e. The van der Waals surface area contributed by atoms with E-state index in [1.165, 1.54) is 6.42 Å². The Morgan fingerprint density at radius 1 is 1.36 bits per heavy atom. The Morgan fingerprint density at radius 2 is 2.14 bits per heavy atom. The summed E-state index contributed by atoms with van der Waals surface area (Å²) < 4.78 is 1.87. The first kappa shape index (κ1) is 11.2. The van der Waals surface area contributed by atoms with Crippen molar-refractivity contribution in [2.24, 2.45) is 0 Å². The van der Waals surface area contributed by atoms with Crippen LogP contribution in [0.25, 0.3) is 0 Å². The van der Waals surface area contributed by atoms with Crippen LogP contribution >= 0.6 is 0 Å². The molecule has 1 rings (SSSR count). The van der Waals surface area contributed by atoms with Gasteiger partial charge in [0, 0.05) is 18.6 Å². The van der Waals surface area contributed by atoms with Crippen molar-refractivity contribution in [2.45, 2.75) is 52.2 Å². The van der Waals surface area contributed by atoms with Crippen molar-refractivity contribution in [3.63, 3.8) is 0 Å². The summed E-state index contributed by atoms with van der Waals surface area (Å²) in [6.45, 7) is 7.56. The van der Waals surface area contributed by atoms with E-state index in [1.54, 1.807) is 12.7 Å². The van der Waals surface area contributed by atoms with Crippen LogP contribution in [0.1, 0.15) is 33.6 Å². The molecule has 0 saturated carbocycles. The van der Waals surface area contributed by atoms with E-state index in [1.807, 2.05) is 4.68 Å². The molecule has 4 heteroatoms. The molecule has 1 heterocycles. The number of nitrogens with zero attached hydrogens (tertiary/aromatic N) is 3. The van der Waals surface area contributed by atoms with Crippen LogP contribution in [0.3, 0.4) is 0 Å². The van der Waals surface area contributed by atoms with Crippen LogP contribution in [-0.4, -0.2) is 26.8 Å². The summed E-state index contributed by atoms with van der Waals surface area (Å²) >= 11 is 0. The number of hydrogen-bond donors (Lipinski definition) is 1. The molecule has 0 aliphatic carbocycles. The monoisotopic (exact) mass is 196 g/mol. The van der Waals surface area contributed by atoms with E-state index in [0.29, 0.717) is 12.1 Å². The molecule has 2 unspecified atom stereocenters. The third-order valence-corrected chi connectivity index (χ3v) is 2.44. The van der Waals surface area contributed by atoms with Gasteiger partial charge in [0.25, 0.3) is 0 Å². The van der Waals surface area contributed by atoms with Crippen LogP contribution < -0.4 is 5.32 Å². The smallest absolute Gasteiger partial charge is 0.137 e. The number of aryl methyl sites for hydroxylation is 1. The maximum atomic E-state index is 4.07. The van der Waals surface area contributed by atoms with Gasteiger partial charge in [-0.1, -0.05) is 6.92 Å². The van der Waals surface area contributed by atoms with Crippen LogP contribution in [0.4, 0.5) is 0 Å². The molecule has 1 aromatic rings. The highest BCUT2D eigenvalue weighted by molar-refractivity contribution is 4.67. The van der Waals surface area contributed by atoms with Gasteiger partial charge in [-0.15, -0.1) is 0 Å².